The highest BCUT2D eigenvalue weighted by Gasteiger charge is 2.13. The summed E-state index contributed by atoms with van der Waals surface area (Å²) in [6, 6.07) is 13.2. The Morgan fingerprint density at radius 2 is 1.89 bits per heavy atom. The topological polar surface area (TPSA) is 74.4 Å². The fourth-order valence-corrected chi connectivity index (χ4v) is 3.38. The van der Waals surface area contributed by atoms with Crippen LogP contribution >= 0.6 is 11.6 Å². The maximum absolute atomic E-state index is 8.32. The molecule has 1 fully saturated rings. The van der Waals surface area contributed by atoms with E-state index in [0.29, 0.717) is 24.4 Å². The summed E-state index contributed by atoms with van der Waals surface area (Å²) < 4.78 is 5.69. The van der Waals surface area contributed by atoms with Gasteiger partial charge in [-0.3, -0.25) is 5.41 Å². The summed E-state index contributed by atoms with van der Waals surface area (Å²) in [5.41, 5.74) is 9.18. The number of likely N-dealkylation sites (tertiary alicyclic amines) is 1. The zero-order chi connectivity index (χ0) is 19.1. The molecular weight excluding hydrogens is 360 g/mol. The number of ether oxygens (including phenoxy) is 1. The second kappa shape index (κ2) is 9.62. The van der Waals surface area contributed by atoms with Crippen LogP contribution in [0.1, 0.15) is 30.4 Å². The Morgan fingerprint density at radius 3 is 2.63 bits per heavy atom. The summed E-state index contributed by atoms with van der Waals surface area (Å²) in [4.78, 5) is 2.45. The van der Waals surface area contributed by atoms with E-state index in [1.165, 1.54) is 25.9 Å². The molecule has 1 heterocycles. The van der Waals surface area contributed by atoms with Crippen molar-refractivity contribution >= 4 is 28.9 Å². The highest BCUT2D eigenvalue weighted by atomic mass is 35.5. The number of nitrogens with zero attached hydrogens (tertiary/aromatic N) is 1. The zero-order valence-corrected chi connectivity index (χ0v) is 16.3. The van der Waals surface area contributed by atoms with E-state index in [0.717, 1.165) is 29.2 Å². The lowest BCUT2D eigenvalue weighted by molar-refractivity contribution is 0.254. The Kier molecular flexibility index (Phi) is 6.96. The molecule has 4 N–H and O–H groups in total. The number of hydrogen-bond donors (Lipinski definition) is 3. The number of hydrogen-bond acceptors (Lipinski definition) is 5. The summed E-state index contributed by atoms with van der Waals surface area (Å²) in [5.74, 6) is 0.155. The van der Waals surface area contributed by atoms with Gasteiger partial charge in [-0.25, -0.2) is 0 Å². The highest BCUT2D eigenvalue weighted by molar-refractivity contribution is 6.30. The average molecular weight is 387 g/mol. The molecule has 6 heteroatoms. The van der Waals surface area contributed by atoms with Crippen LogP contribution < -0.4 is 11.1 Å². The van der Waals surface area contributed by atoms with Crippen molar-refractivity contribution in [2.24, 2.45) is 0 Å². The molecule has 2 aromatic carbocycles. The predicted molar refractivity (Wildman–Crippen MR) is 113 cm³/mol. The van der Waals surface area contributed by atoms with Gasteiger partial charge in [0, 0.05) is 29.5 Å². The Labute approximate surface area is 166 Å². The molecule has 0 atom stereocenters. The van der Waals surface area contributed by atoms with Crippen LogP contribution in [0.15, 0.2) is 42.5 Å². The first-order chi connectivity index (χ1) is 13.1. The standard InChI is InChI=1S/C21H27ClN4O/c22-17-6-4-16(5-7-17)15-25-20-9-8-18(23)14-19(20)21(24)27-13-3-12-26-10-1-2-11-26/h4-9,14,24-25H,1-3,10-13,15,23H2. The molecule has 0 spiro atoms. The van der Waals surface area contributed by atoms with E-state index in [9.17, 15) is 0 Å². The Balaban J connectivity index is 1.55. The van der Waals surface area contributed by atoms with E-state index >= 15 is 0 Å². The van der Waals surface area contributed by atoms with Crippen molar-refractivity contribution in [3.63, 3.8) is 0 Å². The van der Waals surface area contributed by atoms with Gasteiger partial charge < -0.3 is 20.7 Å². The molecule has 1 aliphatic rings. The smallest absolute Gasteiger partial charge is 0.215 e. The van der Waals surface area contributed by atoms with Crippen molar-refractivity contribution in [2.45, 2.75) is 25.8 Å². The van der Waals surface area contributed by atoms with Crippen LogP contribution in [0.2, 0.25) is 5.02 Å². The Bertz CT molecular complexity index is 757. The van der Waals surface area contributed by atoms with Crippen LogP contribution in [-0.2, 0) is 11.3 Å². The number of nitrogens with one attached hydrogen (secondary N) is 2. The van der Waals surface area contributed by atoms with Gasteiger partial charge in [0.15, 0.2) is 0 Å². The first-order valence-electron chi connectivity index (χ1n) is 9.44. The van der Waals surface area contributed by atoms with Gasteiger partial charge in [-0.1, -0.05) is 23.7 Å². The minimum atomic E-state index is 0.155. The summed E-state index contributed by atoms with van der Waals surface area (Å²) in [6.07, 6.45) is 3.52. The molecule has 0 amide bonds. The fourth-order valence-electron chi connectivity index (χ4n) is 3.25. The van der Waals surface area contributed by atoms with Gasteiger partial charge in [-0.05, 0) is 68.2 Å². The third-order valence-electron chi connectivity index (χ3n) is 4.75. The molecule has 0 saturated carbocycles. The normalized spacial score (nSPS) is 14.3. The third kappa shape index (κ3) is 5.88. The maximum atomic E-state index is 8.32. The largest absolute Gasteiger partial charge is 0.478 e. The molecular formula is C21H27ClN4O. The van der Waals surface area contributed by atoms with Crippen molar-refractivity contribution in [1.29, 1.82) is 5.41 Å². The molecule has 5 nitrogen and oxygen atoms in total. The molecule has 0 aromatic heterocycles. The molecule has 0 radical (unpaired) electrons. The van der Waals surface area contributed by atoms with Crippen LogP contribution in [-0.4, -0.2) is 37.0 Å². The minimum Gasteiger partial charge on any atom is -0.478 e. The number of anilines is 2. The SMILES string of the molecule is N=C(OCCCN1CCCC1)c1cc(N)ccc1NCc1ccc(Cl)cc1. The lowest BCUT2D eigenvalue weighted by Crippen LogP contribution is -2.22. The van der Waals surface area contributed by atoms with Crippen LogP contribution in [0.3, 0.4) is 0 Å². The Hall–Kier alpha value is -2.24. The van der Waals surface area contributed by atoms with Crippen LogP contribution in [0.4, 0.5) is 11.4 Å². The van der Waals surface area contributed by atoms with Crippen molar-refractivity contribution < 1.29 is 4.74 Å². The lowest BCUT2D eigenvalue weighted by Gasteiger charge is -2.16. The number of rotatable bonds is 8. The molecule has 1 saturated heterocycles. The summed E-state index contributed by atoms with van der Waals surface area (Å²) >= 11 is 5.93. The molecule has 2 aromatic rings. The van der Waals surface area contributed by atoms with Crippen molar-refractivity contribution in [2.75, 3.05) is 37.3 Å². The molecule has 27 heavy (non-hydrogen) atoms. The van der Waals surface area contributed by atoms with Gasteiger partial charge in [0.1, 0.15) is 0 Å². The van der Waals surface area contributed by atoms with Crippen molar-refractivity contribution in [3.05, 3.63) is 58.6 Å². The van der Waals surface area contributed by atoms with E-state index in [1.54, 1.807) is 6.07 Å². The van der Waals surface area contributed by atoms with Crippen molar-refractivity contribution in [1.82, 2.24) is 4.90 Å². The summed E-state index contributed by atoms with van der Waals surface area (Å²) in [7, 11) is 0. The Morgan fingerprint density at radius 1 is 1.15 bits per heavy atom. The zero-order valence-electron chi connectivity index (χ0n) is 15.5. The third-order valence-corrected chi connectivity index (χ3v) is 5.00. The van der Waals surface area contributed by atoms with Crippen LogP contribution in [0.5, 0.6) is 0 Å². The summed E-state index contributed by atoms with van der Waals surface area (Å²) in [6.45, 7) is 4.58. The lowest BCUT2D eigenvalue weighted by atomic mass is 10.1. The molecule has 144 valence electrons. The molecule has 0 aliphatic carbocycles. The van der Waals surface area contributed by atoms with Gasteiger partial charge in [0.2, 0.25) is 5.90 Å². The van der Waals surface area contributed by atoms with E-state index < -0.39 is 0 Å². The molecule has 0 unspecified atom stereocenters. The average Bonchev–Trinajstić information content (AvgIpc) is 3.19. The van der Waals surface area contributed by atoms with Crippen LogP contribution in [0.25, 0.3) is 0 Å². The molecule has 0 bridgehead atoms. The van der Waals surface area contributed by atoms with Crippen LogP contribution in [0, 0.1) is 5.41 Å². The second-order valence-corrected chi connectivity index (χ2v) is 7.30. The maximum Gasteiger partial charge on any atom is 0.215 e. The highest BCUT2D eigenvalue weighted by Crippen LogP contribution is 2.21. The first kappa shape index (κ1) is 19.5. The molecule has 1 aliphatic heterocycles. The van der Waals surface area contributed by atoms with Gasteiger partial charge in [0.25, 0.3) is 0 Å². The number of nitrogens with two attached hydrogens (primary N) is 1. The van der Waals surface area contributed by atoms with E-state index in [-0.39, 0.29) is 5.90 Å². The van der Waals surface area contributed by atoms with E-state index in [1.807, 2.05) is 36.4 Å². The number of benzene rings is 2. The van der Waals surface area contributed by atoms with Gasteiger partial charge in [-0.2, -0.15) is 0 Å². The van der Waals surface area contributed by atoms with E-state index in [4.69, 9.17) is 27.5 Å². The molecule has 3 rings (SSSR count). The number of halogens is 1. The second-order valence-electron chi connectivity index (χ2n) is 6.86. The first-order valence-corrected chi connectivity index (χ1v) is 9.81. The van der Waals surface area contributed by atoms with Gasteiger partial charge in [-0.15, -0.1) is 0 Å². The van der Waals surface area contributed by atoms with Gasteiger partial charge in [0.05, 0.1) is 12.2 Å². The summed E-state index contributed by atoms with van der Waals surface area (Å²) in [5, 5.41) is 12.4. The predicted octanol–water partition coefficient (Wildman–Crippen LogP) is 4.36. The monoisotopic (exact) mass is 386 g/mol. The van der Waals surface area contributed by atoms with E-state index in [2.05, 4.69) is 10.2 Å². The quantitative estimate of drug-likeness (QED) is 0.272. The fraction of sp³-hybridized carbons (Fsp3) is 0.381. The number of nitrogen functional groups attached to an aromatic ring is 1. The minimum absolute atomic E-state index is 0.155. The van der Waals surface area contributed by atoms with Gasteiger partial charge >= 0.3 is 0 Å². The van der Waals surface area contributed by atoms with Crippen molar-refractivity contribution in [3.8, 4) is 0 Å².